The van der Waals surface area contributed by atoms with Gasteiger partial charge in [-0.05, 0) is 31.0 Å². The number of aryl methyl sites for hydroxylation is 2. The van der Waals surface area contributed by atoms with Crippen molar-refractivity contribution in [2.75, 3.05) is 0 Å². The van der Waals surface area contributed by atoms with Crippen molar-refractivity contribution in [3.63, 3.8) is 0 Å². The first-order valence-electron chi connectivity index (χ1n) is 11.0. The fourth-order valence-corrected chi connectivity index (χ4v) is 4.23. The smallest absolute Gasteiger partial charge is 0.242 e. The van der Waals surface area contributed by atoms with Gasteiger partial charge in [0.1, 0.15) is 23.0 Å². The van der Waals surface area contributed by atoms with Gasteiger partial charge in [0, 0.05) is 18.5 Å². The molecule has 0 fully saturated rings. The summed E-state index contributed by atoms with van der Waals surface area (Å²) in [6.07, 6.45) is 4.49. The van der Waals surface area contributed by atoms with E-state index in [0.717, 1.165) is 31.6 Å². The van der Waals surface area contributed by atoms with Crippen LogP contribution in [0.1, 0.15) is 24.5 Å². The van der Waals surface area contributed by atoms with Gasteiger partial charge >= 0.3 is 0 Å². The van der Waals surface area contributed by atoms with Crippen molar-refractivity contribution in [2.45, 2.75) is 32.4 Å². The molecular weight excluding hydrogens is 440 g/mol. The molecule has 0 bridgehead atoms. The van der Waals surface area contributed by atoms with Gasteiger partial charge in [-0.1, -0.05) is 30.3 Å². The van der Waals surface area contributed by atoms with Crippen LogP contribution in [-0.4, -0.2) is 34.6 Å². The zero-order chi connectivity index (χ0) is 23.1. The van der Waals surface area contributed by atoms with E-state index in [0.29, 0.717) is 16.9 Å². The Hall–Kier alpha value is -4.21. The van der Waals surface area contributed by atoms with E-state index in [1.165, 1.54) is 22.8 Å². The van der Waals surface area contributed by atoms with Crippen LogP contribution < -0.4 is 4.74 Å². The van der Waals surface area contributed by atoms with Crippen LogP contribution in [0.25, 0.3) is 28.0 Å². The van der Waals surface area contributed by atoms with E-state index in [4.69, 9.17) is 4.74 Å². The first kappa shape index (κ1) is 20.4. The predicted molar refractivity (Wildman–Crippen MR) is 119 cm³/mol. The van der Waals surface area contributed by atoms with Crippen molar-refractivity contribution < 1.29 is 13.5 Å². The third-order valence-electron chi connectivity index (χ3n) is 5.83. The largest absolute Gasteiger partial charge is 0.468 e. The minimum Gasteiger partial charge on any atom is -0.468 e. The average Bonchev–Trinajstić information content (AvgIpc) is 3.44. The van der Waals surface area contributed by atoms with E-state index in [1.807, 2.05) is 4.68 Å². The summed E-state index contributed by atoms with van der Waals surface area (Å²) in [5.41, 5.74) is 1.34. The quantitative estimate of drug-likeness (QED) is 0.391. The highest BCUT2D eigenvalue weighted by molar-refractivity contribution is 5.85. The van der Waals surface area contributed by atoms with Gasteiger partial charge in [0.05, 0.1) is 17.3 Å². The summed E-state index contributed by atoms with van der Waals surface area (Å²) < 4.78 is 38.8. The number of aromatic nitrogens is 7. The van der Waals surface area contributed by atoms with Crippen molar-refractivity contribution >= 4 is 5.52 Å². The molecule has 0 saturated heterocycles. The standard InChI is InChI=1S/C24H19F2N7O/c25-17-9-3-1-7-15(17)22-19-13-27-29-23(16-8-2-4-10-18(16)26)33(19)31-24(22)34-14-20-28-21-11-5-6-12-32(21)30-20/h1-4,7-10,13H,5-6,11-12,14H2. The molecule has 0 radical (unpaired) electrons. The van der Waals surface area contributed by atoms with Gasteiger partial charge < -0.3 is 4.74 Å². The number of hydrogen-bond donors (Lipinski definition) is 0. The first-order valence-corrected chi connectivity index (χ1v) is 11.0. The Kier molecular flexibility index (Phi) is 4.97. The molecule has 0 amide bonds. The Labute approximate surface area is 192 Å². The minimum atomic E-state index is -0.470. The Balaban J connectivity index is 1.48. The second-order valence-corrected chi connectivity index (χ2v) is 8.02. The van der Waals surface area contributed by atoms with E-state index in [1.54, 1.807) is 36.4 Å². The van der Waals surface area contributed by atoms with Gasteiger partial charge in [-0.3, -0.25) is 0 Å². The molecule has 2 aromatic carbocycles. The van der Waals surface area contributed by atoms with Gasteiger partial charge in [-0.15, -0.1) is 10.2 Å². The summed E-state index contributed by atoms with van der Waals surface area (Å²) in [7, 11) is 0. The molecule has 4 heterocycles. The molecule has 0 aliphatic carbocycles. The number of halogens is 2. The van der Waals surface area contributed by atoms with Gasteiger partial charge in [0.15, 0.2) is 18.3 Å². The van der Waals surface area contributed by atoms with Crippen LogP contribution in [0.15, 0.2) is 54.7 Å². The topological polar surface area (TPSA) is 83.0 Å². The maximum Gasteiger partial charge on any atom is 0.242 e. The monoisotopic (exact) mass is 459 g/mol. The highest BCUT2D eigenvalue weighted by Gasteiger charge is 2.23. The summed E-state index contributed by atoms with van der Waals surface area (Å²) in [5, 5.41) is 17.2. The molecule has 10 heteroatoms. The fraction of sp³-hybridized carbons (Fsp3) is 0.208. The van der Waals surface area contributed by atoms with Crippen molar-refractivity contribution in [2.24, 2.45) is 0 Å². The molecule has 0 atom stereocenters. The lowest BCUT2D eigenvalue weighted by Gasteiger charge is -2.09. The molecule has 3 aromatic heterocycles. The third kappa shape index (κ3) is 3.47. The summed E-state index contributed by atoms with van der Waals surface area (Å²) >= 11 is 0. The molecule has 8 nitrogen and oxygen atoms in total. The van der Waals surface area contributed by atoms with Crippen molar-refractivity contribution in [3.8, 4) is 28.4 Å². The Morgan fingerprint density at radius 2 is 1.68 bits per heavy atom. The molecular formula is C24H19F2N7O. The second-order valence-electron chi connectivity index (χ2n) is 8.02. The Morgan fingerprint density at radius 1 is 0.912 bits per heavy atom. The summed E-state index contributed by atoms with van der Waals surface area (Å²) in [6, 6.07) is 12.5. The fourth-order valence-electron chi connectivity index (χ4n) is 4.23. The predicted octanol–water partition coefficient (Wildman–Crippen LogP) is 4.24. The lowest BCUT2D eigenvalue weighted by atomic mass is 10.1. The van der Waals surface area contributed by atoms with Crippen LogP contribution in [0.4, 0.5) is 8.78 Å². The lowest BCUT2D eigenvalue weighted by Crippen LogP contribution is -2.11. The van der Waals surface area contributed by atoms with E-state index in [9.17, 15) is 8.78 Å². The molecule has 0 N–H and O–H groups in total. The van der Waals surface area contributed by atoms with Crippen LogP contribution >= 0.6 is 0 Å². The molecule has 1 aliphatic rings. The highest BCUT2D eigenvalue weighted by Crippen LogP contribution is 2.37. The maximum atomic E-state index is 14.8. The number of nitrogens with zero attached hydrogens (tertiary/aromatic N) is 7. The summed E-state index contributed by atoms with van der Waals surface area (Å²) in [5.74, 6) is 0.886. The molecule has 1 aliphatic heterocycles. The van der Waals surface area contributed by atoms with Crippen molar-refractivity contribution in [1.82, 2.24) is 34.6 Å². The zero-order valence-corrected chi connectivity index (χ0v) is 18.0. The lowest BCUT2D eigenvalue weighted by molar-refractivity contribution is 0.283. The number of fused-ring (bicyclic) bond motifs is 2. The van der Waals surface area contributed by atoms with Gasteiger partial charge in [-0.25, -0.2) is 23.0 Å². The van der Waals surface area contributed by atoms with Crippen molar-refractivity contribution in [3.05, 3.63) is 78.0 Å². The Morgan fingerprint density at radius 3 is 2.44 bits per heavy atom. The molecule has 170 valence electrons. The van der Waals surface area contributed by atoms with Crippen LogP contribution in [0.3, 0.4) is 0 Å². The molecule has 0 saturated carbocycles. The number of rotatable bonds is 5. The maximum absolute atomic E-state index is 14.8. The van der Waals surface area contributed by atoms with Crippen LogP contribution in [0.5, 0.6) is 5.88 Å². The third-order valence-corrected chi connectivity index (χ3v) is 5.83. The molecule has 0 spiro atoms. The Bertz CT molecular complexity index is 1490. The summed E-state index contributed by atoms with van der Waals surface area (Å²) in [4.78, 5) is 4.56. The van der Waals surface area contributed by atoms with Crippen LogP contribution in [0.2, 0.25) is 0 Å². The van der Waals surface area contributed by atoms with E-state index < -0.39 is 11.6 Å². The van der Waals surface area contributed by atoms with E-state index >= 15 is 0 Å². The van der Waals surface area contributed by atoms with Gasteiger partial charge in [0.25, 0.3) is 0 Å². The number of hydrogen-bond acceptors (Lipinski definition) is 6. The average molecular weight is 459 g/mol. The van der Waals surface area contributed by atoms with Gasteiger partial charge in [-0.2, -0.15) is 10.2 Å². The normalized spacial score (nSPS) is 13.2. The first-order chi connectivity index (χ1) is 16.7. The molecule has 0 unspecified atom stereocenters. The summed E-state index contributed by atoms with van der Waals surface area (Å²) in [6.45, 7) is 0.891. The van der Waals surface area contributed by atoms with Crippen LogP contribution in [-0.2, 0) is 19.6 Å². The highest BCUT2D eigenvalue weighted by atomic mass is 19.1. The molecule has 6 rings (SSSR count). The second kappa shape index (κ2) is 8.29. The van der Waals surface area contributed by atoms with Crippen LogP contribution in [0, 0.1) is 11.6 Å². The van der Waals surface area contributed by atoms with E-state index in [2.05, 4.69) is 25.4 Å². The zero-order valence-electron chi connectivity index (χ0n) is 18.0. The molecule has 34 heavy (non-hydrogen) atoms. The number of benzene rings is 2. The number of ether oxygens (including phenoxy) is 1. The minimum absolute atomic E-state index is 0.0568. The SMILES string of the molecule is Fc1ccccc1-c1c(OCc2nc3n(n2)CCCC3)nn2c(-c3ccccc3F)nncc12. The van der Waals surface area contributed by atoms with Gasteiger partial charge in [0.2, 0.25) is 5.88 Å². The van der Waals surface area contributed by atoms with Crippen molar-refractivity contribution in [1.29, 1.82) is 0 Å². The molecule has 5 aromatic rings. The van der Waals surface area contributed by atoms with E-state index in [-0.39, 0.29) is 29.4 Å².